The van der Waals surface area contributed by atoms with Gasteiger partial charge in [0.25, 0.3) is 5.91 Å². The summed E-state index contributed by atoms with van der Waals surface area (Å²) in [6.45, 7) is 3.85. The summed E-state index contributed by atoms with van der Waals surface area (Å²) in [5, 5.41) is 6.15. The van der Waals surface area contributed by atoms with Crippen LogP contribution in [-0.2, 0) is 13.1 Å². The molecule has 6 heteroatoms. The van der Waals surface area contributed by atoms with Crippen molar-refractivity contribution in [2.75, 3.05) is 20.1 Å². The highest BCUT2D eigenvalue weighted by molar-refractivity contribution is 5.93. The van der Waals surface area contributed by atoms with Gasteiger partial charge in [-0.25, -0.2) is 9.97 Å². The average Bonchev–Trinajstić information content (AvgIpc) is 2.98. The van der Waals surface area contributed by atoms with E-state index in [1.165, 1.54) is 18.4 Å². The number of hydrogen-bond donors (Lipinski definition) is 2. The van der Waals surface area contributed by atoms with Crippen molar-refractivity contribution in [2.45, 2.75) is 38.4 Å². The van der Waals surface area contributed by atoms with Crippen molar-refractivity contribution >= 4 is 5.91 Å². The molecule has 0 unspecified atom stereocenters. The van der Waals surface area contributed by atoms with Gasteiger partial charge in [-0.2, -0.15) is 0 Å². The van der Waals surface area contributed by atoms with E-state index in [0.29, 0.717) is 11.6 Å². The Morgan fingerprint density at radius 2 is 1.85 bits per heavy atom. The van der Waals surface area contributed by atoms with Gasteiger partial charge in [-0.15, -0.1) is 0 Å². The minimum Gasteiger partial charge on any atom is -0.355 e. The van der Waals surface area contributed by atoms with E-state index in [2.05, 4.69) is 25.5 Å². The maximum Gasteiger partial charge on any atom is 0.251 e. The van der Waals surface area contributed by atoms with E-state index in [1.54, 1.807) is 13.4 Å². The summed E-state index contributed by atoms with van der Waals surface area (Å²) in [5.74, 6) is -0.0512. The van der Waals surface area contributed by atoms with Gasteiger partial charge in [0.2, 0.25) is 0 Å². The molecule has 1 atom stereocenters. The van der Waals surface area contributed by atoms with Crippen molar-refractivity contribution in [3.05, 3.63) is 59.7 Å². The summed E-state index contributed by atoms with van der Waals surface area (Å²) in [7, 11) is 1.65. The highest BCUT2D eigenvalue weighted by Crippen LogP contribution is 2.20. The van der Waals surface area contributed by atoms with E-state index >= 15 is 0 Å². The molecule has 1 aromatic heterocycles. The highest BCUT2D eigenvalue weighted by Gasteiger charge is 2.21. The molecule has 0 aliphatic carbocycles. The van der Waals surface area contributed by atoms with E-state index < -0.39 is 0 Å². The molecular formula is C20H27N5O. The second kappa shape index (κ2) is 9.40. The zero-order valence-electron chi connectivity index (χ0n) is 15.3. The Morgan fingerprint density at radius 1 is 1.12 bits per heavy atom. The maximum absolute atomic E-state index is 11.7. The summed E-state index contributed by atoms with van der Waals surface area (Å²) in [5.41, 5.74) is 3.04. The predicted molar refractivity (Wildman–Crippen MR) is 102 cm³/mol. The number of benzene rings is 1. The molecule has 2 aromatic rings. The summed E-state index contributed by atoms with van der Waals surface area (Å²) < 4.78 is 0. The second-order valence-electron chi connectivity index (χ2n) is 6.76. The summed E-state index contributed by atoms with van der Waals surface area (Å²) in [6.07, 6.45) is 8.89. The Labute approximate surface area is 155 Å². The van der Waals surface area contributed by atoms with Gasteiger partial charge in [0.15, 0.2) is 0 Å². The molecule has 1 saturated heterocycles. The Kier molecular flexibility index (Phi) is 6.68. The fourth-order valence-electron chi connectivity index (χ4n) is 3.47. The van der Waals surface area contributed by atoms with Gasteiger partial charge in [0, 0.05) is 49.7 Å². The molecule has 0 radical (unpaired) electrons. The van der Waals surface area contributed by atoms with Crippen LogP contribution in [0.25, 0.3) is 0 Å². The highest BCUT2D eigenvalue weighted by atomic mass is 16.1. The van der Waals surface area contributed by atoms with Crippen LogP contribution in [-0.4, -0.2) is 47.0 Å². The summed E-state index contributed by atoms with van der Waals surface area (Å²) in [4.78, 5) is 22.6. The van der Waals surface area contributed by atoms with Gasteiger partial charge in [-0.3, -0.25) is 9.69 Å². The first-order valence-electron chi connectivity index (χ1n) is 9.26. The van der Waals surface area contributed by atoms with Gasteiger partial charge in [-0.05, 0) is 50.0 Å². The predicted octanol–water partition coefficient (Wildman–Crippen LogP) is 1.98. The Morgan fingerprint density at radius 3 is 2.58 bits per heavy atom. The molecule has 138 valence electrons. The third-order valence-electron chi connectivity index (χ3n) is 4.89. The Balaban J connectivity index is 1.74. The molecule has 1 aliphatic heterocycles. The number of nitrogens with zero attached hydrogens (tertiary/aromatic N) is 3. The van der Waals surface area contributed by atoms with Crippen LogP contribution < -0.4 is 10.6 Å². The molecule has 1 amide bonds. The first kappa shape index (κ1) is 18.5. The van der Waals surface area contributed by atoms with Crippen LogP contribution in [0.1, 0.15) is 40.7 Å². The number of hydrogen-bond acceptors (Lipinski definition) is 5. The van der Waals surface area contributed by atoms with Crippen molar-refractivity contribution in [2.24, 2.45) is 0 Å². The standard InChI is InChI=1S/C20H27N5O/c1-21-20(26)18-6-4-16(5-7-18)13-25(14-17-11-23-15-24-12-17)19-3-2-9-22-10-8-19/h4-7,11-12,15,19,22H,2-3,8-10,13-14H2,1H3,(H,21,26)/t19-/m1/s1. The minimum absolute atomic E-state index is 0.0512. The number of aromatic nitrogens is 2. The topological polar surface area (TPSA) is 70.2 Å². The summed E-state index contributed by atoms with van der Waals surface area (Å²) >= 11 is 0. The van der Waals surface area contributed by atoms with E-state index in [-0.39, 0.29) is 5.91 Å². The molecule has 0 bridgehead atoms. The number of amides is 1. The van der Waals surface area contributed by atoms with Crippen LogP contribution in [0.2, 0.25) is 0 Å². The maximum atomic E-state index is 11.7. The largest absolute Gasteiger partial charge is 0.355 e. The molecule has 2 N–H and O–H groups in total. The van der Waals surface area contributed by atoms with Crippen molar-refractivity contribution in [3.8, 4) is 0 Å². The van der Waals surface area contributed by atoms with Gasteiger partial charge < -0.3 is 10.6 Å². The monoisotopic (exact) mass is 353 g/mol. The number of nitrogens with one attached hydrogen (secondary N) is 2. The van der Waals surface area contributed by atoms with Crippen molar-refractivity contribution in [3.63, 3.8) is 0 Å². The molecule has 26 heavy (non-hydrogen) atoms. The van der Waals surface area contributed by atoms with Crippen LogP contribution in [0.15, 0.2) is 43.0 Å². The van der Waals surface area contributed by atoms with E-state index in [9.17, 15) is 4.79 Å². The quantitative estimate of drug-likeness (QED) is 0.831. The van der Waals surface area contributed by atoms with Gasteiger partial charge in [-0.1, -0.05) is 12.1 Å². The third kappa shape index (κ3) is 5.09. The lowest BCUT2D eigenvalue weighted by Crippen LogP contribution is -2.35. The van der Waals surface area contributed by atoms with E-state index in [0.717, 1.165) is 38.2 Å². The normalized spacial score (nSPS) is 17.7. The first-order valence-corrected chi connectivity index (χ1v) is 9.26. The van der Waals surface area contributed by atoms with Gasteiger partial charge in [0.1, 0.15) is 6.33 Å². The molecule has 0 spiro atoms. The molecular weight excluding hydrogens is 326 g/mol. The lowest BCUT2D eigenvalue weighted by Gasteiger charge is -2.31. The number of carbonyl (C=O) groups is 1. The molecule has 1 aromatic carbocycles. The third-order valence-corrected chi connectivity index (χ3v) is 4.89. The van der Waals surface area contributed by atoms with Gasteiger partial charge >= 0.3 is 0 Å². The fraction of sp³-hybridized carbons (Fsp3) is 0.450. The van der Waals surface area contributed by atoms with Crippen molar-refractivity contribution < 1.29 is 4.79 Å². The molecule has 3 rings (SSSR count). The molecule has 2 heterocycles. The van der Waals surface area contributed by atoms with E-state index in [4.69, 9.17) is 0 Å². The average molecular weight is 353 g/mol. The van der Waals surface area contributed by atoms with Crippen molar-refractivity contribution in [1.82, 2.24) is 25.5 Å². The zero-order chi connectivity index (χ0) is 18.2. The lowest BCUT2D eigenvalue weighted by atomic mass is 10.0. The van der Waals surface area contributed by atoms with Crippen molar-refractivity contribution in [1.29, 1.82) is 0 Å². The van der Waals surface area contributed by atoms with Crippen LogP contribution in [0, 0.1) is 0 Å². The van der Waals surface area contributed by atoms with Crippen LogP contribution >= 0.6 is 0 Å². The minimum atomic E-state index is -0.0512. The van der Waals surface area contributed by atoms with Crippen LogP contribution in [0.4, 0.5) is 0 Å². The smallest absolute Gasteiger partial charge is 0.251 e. The molecule has 6 nitrogen and oxygen atoms in total. The zero-order valence-corrected chi connectivity index (χ0v) is 15.3. The summed E-state index contributed by atoms with van der Waals surface area (Å²) in [6, 6.07) is 8.42. The Bertz CT molecular complexity index is 681. The Hall–Kier alpha value is -2.31. The molecule has 0 saturated carbocycles. The lowest BCUT2D eigenvalue weighted by molar-refractivity contribution is 0.0963. The number of carbonyl (C=O) groups excluding carboxylic acids is 1. The molecule has 1 fully saturated rings. The van der Waals surface area contributed by atoms with Gasteiger partial charge in [0.05, 0.1) is 0 Å². The van der Waals surface area contributed by atoms with Crippen LogP contribution in [0.3, 0.4) is 0 Å². The molecule has 1 aliphatic rings. The second-order valence-corrected chi connectivity index (χ2v) is 6.76. The number of rotatable bonds is 6. The first-order chi connectivity index (χ1) is 12.8. The van der Waals surface area contributed by atoms with E-state index in [1.807, 2.05) is 36.7 Å². The fourth-order valence-corrected chi connectivity index (χ4v) is 3.47. The van der Waals surface area contributed by atoms with Crippen LogP contribution in [0.5, 0.6) is 0 Å². The SMILES string of the molecule is CNC(=O)c1ccc(CN(Cc2cncnc2)[C@@H]2CCCNCC2)cc1.